The highest BCUT2D eigenvalue weighted by Gasteiger charge is 2.24. The predicted octanol–water partition coefficient (Wildman–Crippen LogP) is 1.44. The molecule has 0 fully saturated rings. The van der Waals surface area contributed by atoms with Gasteiger partial charge in [0.05, 0.1) is 13.0 Å². The summed E-state index contributed by atoms with van der Waals surface area (Å²) in [4.78, 5) is 34.5. The van der Waals surface area contributed by atoms with E-state index in [4.69, 9.17) is 9.84 Å². The predicted molar refractivity (Wildman–Crippen MR) is 76.1 cm³/mol. The molecule has 0 aliphatic carbocycles. The molecule has 0 spiro atoms. The molecule has 1 amide bonds. The molecular formula is C15H19NO5. The first-order chi connectivity index (χ1) is 9.83. The van der Waals surface area contributed by atoms with E-state index in [-0.39, 0.29) is 6.61 Å². The average molecular weight is 293 g/mol. The first-order valence-electron chi connectivity index (χ1n) is 6.61. The third-order valence-corrected chi connectivity index (χ3v) is 2.76. The van der Waals surface area contributed by atoms with Crippen LogP contribution in [0.4, 0.5) is 0 Å². The topological polar surface area (TPSA) is 92.7 Å². The second kappa shape index (κ2) is 7.42. The highest BCUT2D eigenvalue weighted by molar-refractivity contribution is 5.97. The van der Waals surface area contributed by atoms with E-state index in [1.54, 1.807) is 19.1 Å². The SMILES string of the molecule is CCOC(=O)C[C@H](NC(=O)c1cc(C)cc(C)c1)C(=O)O. The number of rotatable bonds is 6. The molecule has 0 radical (unpaired) electrons. The molecule has 6 heteroatoms. The lowest BCUT2D eigenvalue weighted by molar-refractivity contribution is -0.149. The van der Waals surface area contributed by atoms with E-state index < -0.39 is 30.3 Å². The molecule has 0 heterocycles. The van der Waals surface area contributed by atoms with Crippen molar-refractivity contribution in [2.45, 2.75) is 33.2 Å². The van der Waals surface area contributed by atoms with Gasteiger partial charge in [-0.2, -0.15) is 0 Å². The van der Waals surface area contributed by atoms with Crippen LogP contribution < -0.4 is 5.32 Å². The van der Waals surface area contributed by atoms with Gasteiger partial charge in [-0.1, -0.05) is 17.2 Å². The summed E-state index contributed by atoms with van der Waals surface area (Å²) in [6, 6.07) is 3.92. The molecule has 0 saturated carbocycles. The number of aryl methyl sites for hydroxylation is 2. The molecule has 0 saturated heterocycles. The first-order valence-corrected chi connectivity index (χ1v) is 6.61. The Labute approximate surface area is 123 Å². The zero-order chi connectivity index (χ0) is 16.0. The van der Waals surface area contributed by atoms with Crippen LogP contribution in [0.15, 0.2) is 18.2 Å². The number of carboxylic acid groups (broad SMARTS) is 1. The quantitative estimate of drug-likeness (QED) is 0.774. The van der Waals surface area contributed by atoms with Crippen LogP contribution in [0.1, 0.15) is 34.8 Å². The van der Waals surface area contributed by atoms with E-state index in [0.717, 1.165) is 11.1 Å². The van der Waals surface area contributed by atoms with Gasteiger partial charge in [-0.25, -0.2) is 4.79 Å². The molecule has 0 aromatic heterocycles. The normalized spacial score (nSPS) is 11.6. The number of amides is 1. The van der Waals surface area contributed by atoms with Crippen LogP contribution in [0.25, 0.3) is 0 Å². The smallest absolute Gasteiger partial charge is 0.326 e. The zero-order valence-corrected chi connectivity index (χ0v) is 12.3. The molecule has 2 N–H and O–H groups in total. The number of aliphatic carboxylic acids is 1. The lowest BCUT2D eigenvalue weighted by Gasteiger charge is -2.14. The van der Waals surface area contributed by atoms with E-state index in [2.05, 4.69) is 5.32 Å². The molecule has 1 aromatic rings. The van der Waals surface area contributed by atoms with Crippen LogP contribution in [0.3, 0.4) is 0 Å². The second-order valence-corrected chi connectivity index (χ2v) is 4.75. The standard InChI is InChI=1S/C15H19NO5/c1-4-21-13(17)8-12(15(19)20)16-14(18)11-6-9(2)5-10(3)7-11/h5-7,12H,4,8H2,1-3H3,(H,16,18)(H,19,20)/t12-/m0/s1. The molecule has 1 rings (SSSR count). The molecule has 0 aliphatic heterocycles. The minimum Gasteiger partial charge on any atom is -0.480 e. The van der Waals surface area contributed by atoms with E-state index >= 15 is 0 Å². The molecule has 21 heavy (non-hydrogen) atoms. The van der Waals surface area contributed by atoms with Crippen molar-refractivity contribution in [3.05, 3.63) is 34.9 Å². The van der Waals surface area contributed by atoms with E-state index in [9.17, 15) is 14.4 Å². The Kier molecular flexibility index (Phi) is 5.90. The molecule has 0 bridgehead atoms. The Hall–Kier alpha value is -2.37. The summed E-state index contributed by atoms with van der Waals surface area (Å²) >= 11 is 0. The Bertz CT molecular complexity index is 533. The van der Waals surface area contributed by atoms with Gasteiger partial charge >= 0.3 is 11.9 Å². The number of ether oxygens (including phenoxy) is 1. The zero-order valence-electron chi connectivity index (χ0n) is 12.3. The number of carbonyl (C=O) groups excluding carboxylic acids is 2. The third kappa shape index (κ3) is 5.25. The Morgan fingerprint density at radius 2 is 1.76 bits per heavy atom. The number of nitrogens with one attached hydrogen (secondary N) is 1. The minimum absolute atomic E-state index is 0.163. The largest absolute Gasteiger partial charge is 0.480 e. The Morgan fingerprint density at radius 1 is 1.19 bits per heavy atom. The van der Waals surface area contributed by atoms with Crippen LogP contribution in [0.5, 0.6) is 0 Å². The van der Waals surface area contributed by atoms with Crippen LogP contribution >= 0.6 is 0 Å². The van der Waals surface area contributed by atoms with Gasteiger partial charge in [0.25, 0.3) is 5.91 Å². The molecule has 1 aromatic carbocycles. The first kappa shape index (κ1) is 16.7. The summed E-state index contributed by atoms with van der Waals surface area (Å²) in [6.45, 7) is 5.48. The van der Waals surface area contributed by atoms with Crippen LogP contribution in [-0.2, 0) is 14.3 Å². The van der Waals surface area contributed by atoms with Gasteiger partial charge in [0, 0.05) is 5.56 Å². The molecule has 1 atom stereocenters. The van der Waals surface area contributed by atoms with Crippen molar-refractivity contribution in [3.8, 4) is 0 Å². The van der Waals surface area contributed by atoms with E-state index in [1.165, 1.54) is 0 Å². The number of hydrogen-bond donors (Lipinski definition) is 2. The number of benzene rings is 1. The summed E-state index contributed by atoms with van der Waals surface area (Å²) < 4.78 is 4.69. The molecule has 114 valence electrons. The maximum Gasteiger partial charge on any atom is 0.326 e. The van der Waals surface area contributed by atoms with Gasteiger partial charge < -0.3 is 15.2 Å². The van der Waals surface area contributed by atoms with Crippen molar-refractivity contribution in [1.82, 2.24) is 5.32 Å². The maximum atomic E-state index is 12.1. The van der Waals surface area contributed by atoms with Gasteiger partial charge in [-0.3, -0.25) is 9.59 Å². The molecular weight excluding hydrogens is 274 g/mol. The Balaban J connectivity index is 2.81. The van der Waals surface area contributed by atoms with Crippen LogP contribution in [0, 0.1) is 13.8 Å². The number of carbonyl (C=O) groups is 3. The van der Waals surface area contributed by atoms with Crippen molar-refractivity contribution < 1.29 is 24.2 Å². The third-order valence-electron chi connectivity index (χ3n) is 2.76. The fraction of sp³-hybridized carbons (Fsp3) is 0.400. The lowest BCUT2D eigenvalue weighted by Crippen LogP contribution is -2.42. The number of carboxylic acids is 1. The monoisotopic (exact) mass is 293 g/mol. The highest BCUT2D eigenvalue weighted by Crippen LogP contribution is 2.09. The van der Waals surface area contributed by atoms with Gasteiger partial charge in [0.1, 0.15) is 6.04 Å². The lowest BCUT2D eigenvalue weighted by atomic mass is 10.1. The summed E-state index contributed by atoms with van der Waals surface area (Å²) in [6.07, 6.45) is -0.403. The Morgan fingerprint density at radius 3 is 2.24 bits per heavy atom. The summed E-state index contributed by atoms with van der Waals surface area (Å²) in [5, 5.41) is 11.4. The molecule has 6 nitrogen and oxygen atoms in total. The summed E-state index contributed by atoms with van der Waals surface area (Å²) in [7, 11) is 0. The minimum atomic E-state index is -1.31. The van der Waals surface area contributed by atoms with Crippen molar-refractivity contribution in [2.24, 2.45) is 0 Å². The molecule has 0 unspecified atom stereocenters. The average Bonchev–Trinajstić information content (AvgIpc) is 2.36. The summed E-state index contributed by atoms with van der Waals surface area (Å²) in [5.41, 5.74) is 2.16. The van der Waals surface area contributed by atoms with Gasteiger partial charge in [-0.05, 0) is 32.9 Å². The fourth-order valence-electron chi connectivity index (χ4n) is 1.93. The van der Waals surface area contributed by atoms with E-state index in [1.807, 2.05) is 19.9 Å². The molecule has 0 aliphatic rings. The van der Waals surface area contributed by atoms with Gasteiger partial charge in [0.2, 0.25) is 0 Å². The van der Waals surface area contributed by atoms with Crippen LogP contribution in [0.2, 0.25) is 0 Å². The van der Waals surface area contributed by atoms with Crippen LogP contribution in [-0.4, -0.2) is 35.6 Å². The van der Waals surface area contributed by atoms with Gasteiger partial charge in [0.15, 0.2) is 0 Å². The van der Waals surface area contributed by atoms with Crippen molar-refractivity contribution in [1.29, 1.82) is 0 Å². The number of esters is 1. The second-order valence-electron chi connectivity index (χ2n) is 4.75. The van der Waals surface area contributed by atoms with Crippen molar-refractivity contribution in [3.63, 3.8) is 0 Å². The highest BCUT2D eigenvalue weighted by atomic mass is 16.5. The number of hydrogen-bond acceptors (Lipinski definition) is 4. The maximum absolute atomic E-state index is 12.1. The van der Waals surface area contributed by atoms with Crippen molar-refractivity contribution in [2.75, 3.05) is 6.61 Å². The van der Waals surface area contributed by atoms with Crippen molar-refractivity contribution >= 4 is 17.8 Å². The van der Waals surface area contributed by atoms with Gasteiger partial charge in [-0.15, -0.1) is 0 Å². The summed E-state index contributed by atoms with van der Waals surface area (Å²) in [5.74, 6) is -2.47. The van der Waals surface area contributed by atoms with E-state index in [0.29, 0.717) is 5.56 Å². The fourth-order valence-corrected chi connectivity index (χ4v) is 1.93.